The van der Waals surface area contributed by atoms with Crippen LogP contribution in [0, 0.1) is 6.92 Å². The number of halogens is 1. The summed E-state index contributed by atoms with van der Waals surface area (Å²) in [7, 11) is 0. The monoisotopic (exact) mass is 227 g/mol. The number of hydrogen-bond acceptors (Lipinski definition) is 3. The first-order chi connectivity index (χ1) is 7.79. The second-order valence-electron chi connectivity index (χ2n) is 4.24. The van der Waals surface area contributed by atoms with Gasteiger partial charge in [0.1, 0.15) is 12.4 Å². The van der Waals surface area contributed by atoms with Crippen molar-refractivity contribution in [3.63, 3.8) is 0 Å². The highest BCUT2D eigenvalue weighted by atomic mass is 19.1. The molecule has 3 nitrogen and oxygen atoms in total. The Balaban J connectivity index is 1.95. The average Bonchev–Trinajstić information content (AvgIpc) is 2.55. The van der Waals surface area contributed by atoms with Crippen molar-refractivity contribution < 1.29 is 13.5 Å². The Bertz CT molecular complexity index is 327. The maximum atomic E-state index is 12.6. The molecule has 0 spiro atoms. The van der Waals surface area contributed by atoms with Gasteiger partial charge in [0.15, 0.2) is 0 Å². The third-order valence-electron chi connectivity index (χ3n) is 2.97. The van der Waals surface area contributed by atoms with Crippen molar-refractivity contribution in [2.24, 2.45) is 0 Å². The summed E-state index contributed by atoms with van der Waals surface area (Å²) in [6.07, 6.45) is 2.40. The van der Waals surface area contributed by atoms with Crippen molar-refractivity contribution in [3.8, 4) is 0 Å². The highest BCUT2D eigenvalue weighted by Gasteiger charge is 2.19. The predicted molar refractivity (Wildman–Crippen MR) is 59.1 cm³/mol. The lowest BCUT2D eigenvalue weighted by Crippen LogP contribution is -2.32. The lowest BCUT2D eigenvalue weighted by atomic mass is 10.2. The van der Waals surface area contributed by atoms with E-state index < -0.39 is 6.67 Å². The van der Waals surface area contributed by atoms with E-state index in [1.54, 1.807) is 6.26 Å². The summed E-state index contributed by atoms with van der Waals surface area (Å²) in [5.74, 6) is 0.946. The van der Waals surface area contributed by atoms with Crippen LogP contribution in [0.1, 0.15) is 17.7 Å². The Labute approximate surface area is 95.2 Å². The van der Waals surface area contributed by atoms with Crippen LogP contribution in [0.15, 0.2) is 16.7 Å². The van der Waals surface area contributed by atoms with Gasteiger partial charge in [-0.1, -0.05) is 0 Å². The van der Waals surface area contributed by atoms with Gasteiger partial charge in [0.25, 0.3) is 0 Å². The van der Waals surface area contributed by atoms with Gasteiger partial charge in [-0.25, -0.2) is 4.39 Å². The van der Waals surface area contributed by atoms with E-state index in [-0.39, 0.29) is 6.10 Å². The molecule has 1 aliphatic rings. The first-order valence-corrected chi connectivity index (χ1v) is 5.72. The van der Waals surface area contributed by atoms with Gasteiger partial charge >= 0.3 is 0 Å². The van der Waals surface area contributed by atoms with Crippen LogP contribution >= 0.6 is 0 Å². The van der Waals surface area contributed by atoms with E-state index in [0.717, 1.165) is 25.3 Å². The minimum Gasteiger partial charge on any atom is -0.469 e. The van der Waals surface area contributed by atoms with Crippen molar-refractivity contribution in [2.75, 3.05) is 26.4 Å². The fraction of sp³-hybridized carbons (Fsp3) is 0.667. The largest absolute Gasteiger partial charge is 0.469 e. The van der Waals surface area contributed by atoms with Crippen LogP contribution in [0.3, 0.4) is 0 Å². The van der Waals surface area contributed by atoms with Gasteiger partial charge in [-0.2, -0.15) is 0 Å². The molecule has 0 aliphatic carbocycles. The van der Waals surface area contributed by atoms with Gasteiger partial charge in [-0.05, 0) is 19.4 Å². The molecule has 0 amide bonds. The van der Waals surface area contributed by atoms with E-state index >= 15 is 0 Å². The number of alkyl halides is 1. The number of nitrogens with zero attached hydrogens (tertiary/aromatic N) is 1. The molecule has 16 heavy (non-hydrogen) atoms. The maximum absolute atomic E-state index is 12.6. The summed E-state index contributed by atoms with van der Waals surface area (Å²) >= 11 is 0. The quantitative estimate of drug-likeness (QED) is 0.791. The predicted octanol–water partition coefficient (Wildman–Crippen LogP) is 2.15. The molecule has 1 aromatic heterocycles. The fourth-order valence-electron chi connectivity index (χ4n) is 2.02. The summed E-state index contributed by atoms with van der Waals surface area (Å²) in [5, 5.41) is 0. The molecular formula is C12H18FNO2. The Morgan fingerprint density at radius 2 is 2.44 bits per heavy atom. The summed E-state index contributed by atoms with van der Waals surface area (Å²) in [6, 6.07) is 1.98. The van der Waals surface area contributed by atoms with Gasteiger partial charge in [-0.3, -0.25) is 4.90 Å². The minimum absolute atomic E-state index is 0.269. The van der Waals surface area contributed by atoms with Gasteiger partial charge in [-0.15, -0.1) is 0 Å². The van der Waals surface area contributed by atoms with Crippen molar-refractivity contribution in [2.45, 2.75) is 26.0 Å². The number of aryl methyl sites for hydroxylation is 1. The zero-order valence-electron chi connectivity index (χ0n) is 9.62. The van der Waals surface area contributed by atoms with Crippen molar-refractivity contribution >= 4 is 0 Å². The lowest BCUT2D eigenvalue weighted by Gasteiger charge is -2.21. The van der Waals surface area contributed by atoms with E-state index in [1.807, 2.05) is 13.0 Å². The zero-order valence-corrected chi connectivity index (χ0v) is 9.62. The van der Waals surface area contributed by atoms with E-state index in [1.165, 1.54) is 5.56 Å². The summed E-state index contributed by atoms with van der Waals surface area (Å²) in [6.45, 7) is 4.66. The normalized spacial score (nSPS) is 23.2. The second kappa shape index (κ2) is 5.46. The van der Waals surface area contributed by atoms with Gasteiger partial charge in [0, 0.05) is 31.8 Å². The van der Waals surface area contributed by atoms with Crippen molar-refractivity contribution in [1.82, 2.24) is 4.90 Å². The summed E-state index contributed by atoms with van der Waals surface area (Å²) < 4.78 is 23.3. The van der Waals surface area contributed by atoms with Crippen LogP contribution in [-0.4, -0.2) is 37.4 Å². The molecule has 1 fully saturated rings. The van der Waals surface area contributed by atoms with Gasteiger partial charge in [0.05, 0.1) is 12.4 Å². The molecule has 1 saturated heterocycles. The molecule has 4 heteroatoms. The Hall–Kier alpha value is -0.870. The highest BCUT2D eigenvalue weighted by Crippen LogP contribution is 2.14. The third-order valence-corrected chi connectivity index (χ3v) is 2.97. The second-order valence-corrected chi connectivity index (χ2v) is 4.24. The highest BCUT2D eigenvalue weighted by molar-refractivity contribution is 5.15. The van der Waals surface area contributed by atoms with Gasteiger partial charge in [0.2, 0.25) is 0 Å². The minimum atomic E-state index is -0.402. The van der Waals surface area contributed by atoms with Crippen LogP contribution in [0.2, 0.25) is 0 Å². The van der Waals surface area contributed by atoms with Crippen LogP contribution in [0.4, 0.5) is 4.39 Å². The van der Waals surface area contributed by atoms with Gasteiger partial charge < -0.3 is 9.15 Å². The standard InChI is InChI=1S/C12H18FNO2/c1-10-11(3-6-15-10)8-14-4-2-5-16-12(7-13)9-14/h3,6,12H,2,4-5,7-9H2,1H3/t12-/m1/s1. The Morgan fingerprint density at radius 1 is 1.56 bits per heavy atom. The van der Waals surface area contributed by atoms with Crippen LogP contribution < -0.4 is 0 Å². The number of rotatable bonds is 3. The molecule has 2 rings (SSSR count). The third kappa shape index (κ3) is 2.83. The van der Waals surface area contributed by atoms with Crippen LogP contribution in [0.5, 0.6) is 0 Å². The average molecular weight is 227 g/mol. The Morgan fingerprint density at radius 3 is 3.12 bits per heavy atom. The van der Waals surface area contributed by atoms with Crippen LogP contribution in [-0.2, 0) is 11.3 Å². The van der Waals surface area contributed by atoms with Crippen molar-refractivity contribution in [3.05, 3.63) is 23.7 Å². The first kappa shape index (κ1) is 11.6. The summed E-state index contributed by atoms with van der Waals surface area (Å²) in [5.41, 5.74) is 1.18. The van der Waals surface area contributed by atoms with Crippen molar-refractivity contribution in [1.29, 1.82) is 0 Å². The molecular weight excluding hydrogens is 209 g/mol. The number of ether oxygens (including phenoxy) is 1. The Kier molecular flexibility index (Phi) is 3.96. The molecule has 1 aliphatic heterocycles. The zero-order chi connectivity index (χ0) is 11.4. The molecule has 1 atom stereocenters. The van der Waals surface area contributed by atoms with E-state index in [4.69, 9.17) is 9.15 Å². The lowest BCUT2D eigenvalue weighted by molar-refractivity contribution is 0.0359. The van der Waals surface area contributed by atoms with E-state index in [0.29, 0.717) is 13.2 Å². The molecule has 0 unspecified atom stereocenters. The molecule has 2 heterocycles. The molecule has 1 aromatic rings. The molecule has 0 N–H and O–H groups in total. The number of hydrogen-bond donors (Lipinski definition) is 0. The summed E-state index contributed by atoms with van der Waals surface area (Å²) in [4.78, 5) is 2.23. The molecule has 0 radical (unpaired) electrons. The SMILES string of the molecule is Cc1occc1CN1CCCO[C@H](CF)C1. The molecule has 0 bridgehead atoms. The first-order valence-electron chi connectivity index (χ1n) is 5.72. The molecule has 0 aromatic carbocycles. The van der Waals surface area contributed by atoms with Crippen LogP contribution in [0.25, 0.3) is 0 Å². The number of furan rings is 1. The van der Waals surface area contributed by atoms with E-state index in [2.05, 4.69) is 4.90 Å². The van der Waals surface area contributed by atoms with E-state index in [9.17, 15) is 4.39 Å². The fourth-order valence-corrected chi connectivity index (χ4v) is 2.02. The smallest absolute Gasteiger partial charge is 0.117 e. The maximum Gasteiger partial charge on any atom is 0.117 e. The topological polar surface area (TPSA) is 25.6 Å². The molecule has 0 saturated carbocycles. The molecule has 90 valence electrons.